The number of rotatable bonds is 3. The van der Waals surface area contributed by atoms with Gasteiger partial charge in [0.2, 0.25) is 0 Å². The van der Waals surface area contributed by atoms with Gasteiger partial charge in [-0.3, -0.25) is 0 Å². The van der Waals surface area contributed by atoms with Crippen LogP contribution in [0.2, 0.25) is 0 Å². The lowest BCUT2D eigenvalue weighted by Crippen LogP contribution is -2.37. The van der Waals surface area contributed by atoms with E-state index >= 15 is 0 Å². The molecule has 1 heteroatoms. The second-order valence-electron chi connectivity index (χ2n) is 6.87. The fourth-order valence-electron chi connectivity index (χ4n) is 4.34. The highest BCUT2D eigenvalue weighted by atomic mass is 14.6. The van der Waals surface area contributed by atoms with Crippen LogP contribution in [0.4, 0.5) is 0 Å². The third-order valence-electron chi connectivity index (χ3n) is 5.59. The smallest absolute Gasteiger partial charge is 0.00461 e. The van der Waals surface area contributed by atoms with Crippen LogP contribution >= 0.6 is 0 Å². The molecular weight excluding hydrogens is 206 g/mol. The molecule has 0 spiro atoms. The Bertz CT molecular complexity index is 218. The van der Waals surface area contributed by atoms with E-state index in [0.717, 1.165) is 36.1 Å². The zero-order chi connectivity index (χ0) is 12.3. The Morgan fingerprint density at radius 1 is 1.00 bits per heavy atom. The van der Waals surface area contributed by atoms with Gasteiger partial charge in [0.25, 0.3) is 0 Å². The van der Waals surface area contributed by atoms with Gasteiger partial charge in [-0.15, -0.1) is 0 Å². The summed E-state index contributed by atoms with van der Waals surface area (Å²) >= 11 is 0. The van der Waals surface area contributed by atoms with E-state index in [1.165, 1.54) is 51.4 Å². The summed E-state index contributed by atoms with van der Waals surface area (Å²) in [6.07, 6.45) is 11.7. The molecule has 100 valence electrons. The van der Waals surface area contributed by atoms with Crippen LogP contribution in [0.25, 0.3) is 0 Å². The van der Waals surface area contributed by atoms with Crippen molar-refractivity contribution in [3.05, 3.63) is 0 Å². The quantitative estimate of drug-likeness (QED) is 0.781. The van der Waals surface area contributed by atoms with Gasteiger partial charge >= 0.3 is 0 Å². The van der Waals surface area contributed by atoms with Gasteiger partial charge in [0, 0.05) is 0 Å². The van der Waals surface area contributed by atoms with Crippen molar-refractivity contribution in [3.8, 4) is 0 Å². The minimum Gasteiger partial charge on any atom is -0.330 e. The molecule has 0 aromatic rings. The maximum Gasteiger partial charge on any atom is -0.00461 e. The van der Waals surface area contributed by atoms with E-state index in [-0.39, 0.29) is 0 Å². The number of hydrogen-bond donors (Lipinski definition) is 1. The summed E-state index contributed by atoms with van der Waals surface area (Å²) in [7, 11) is 0. The van der Waals surface area contributed by atoms with Crippen LogP contribution in [0.5, 0.6) is 0 Å². The Balaban J connectivity index is 1.98. The minimum atomic E-state index is 0.841. The van der Waals surface area contributed by atoms with Crippen molar-refractivity contribution < 1.29 is 0 Å². The van der Waals surface area contributed by atoms with E-state index in [4.69, 9.17) is 5.73 Å². The van der Waals surface area contributed by atoms with Gasteiger partial charge in [-0.1, -0.05) is 46.0 Å². The molecule has 2 rings (SSSR count). The van der Waals surface area contributed by atoms with Crippen molar-refractivity contribution >= 4 is 0 Å². The predicted molar refractivity (Wildman–Crippen MR) is 74.8 cm³/mol. The Labute approximate surface area is 108 Å². The Morgan fingerprint density at radius 3 is 2.29 bits per heavy atom. The van der Waals surface area contributed by atoms with Gasteiger partial charge < -0.3 is 5.73 Å². The normalized spacial score (nSPS) is 36.4. The maximum absolute atomic E-state index is 6.02. The fourth-order valence-corrected chi connectivity index (χ4v) is 4.34. The standard InChI is InChI=1S/C16H31N/c1-12(2)14-8-9-15(11-17)16(10-14)13-6-4-3-5-7-13/h12-16H,3-11,17H2,1-2H3. The summed E-state index contributed by atoms with van der Waals surface area (Å²) in [5, 5.41) is 0. The van der Waals surface area contributed by atoms with Crippen molar-refractivity contribution in [3.63, 3.8) is 0 Å². The molecule has 0 bridgehead atoms. The fraction of sp³-hybridized carbons (Fsp3) is 1.00. The van der Waals surface area contributed by atoms with Crippen LogP contribution in [0.15, 0.2) is 0 Å². The van der Waals surface area contributed by atoms with E-state index in [9.17, 15) is 0 Å². The van der Waals surface area contributed by atoms with Crippen molar-refractivity contribution in [2.45, 2.75) is 65.2 Å². The van der Waals surface area contributed by atoms with Crippen molar-refractivity contribution in [1.82, 2.24) is 0 Å². The number of nitrogens with two attached hydrogens (primary N) is 1. The SMILES string of the molecule is CC(C)C1CCC(CN)C(C2CCCCC2)C1. The molecule has 2 saturated carbocycles. The van der Waals surface area contributed by atoms with Gasteiger partial charge in [-0.2, -0.15) is 0 Å². The maximum atomic E-state index is 6.02. The zero-order valence-corrected chi connectivity index (χ0v) is 11.8. The van der Waals surface area contributed by atoms with E-state index in [2.05, 4.69) is 13.8 Å². The van der Waals surface area contributed by atoms with Gasteiger partial charge in [0.1, 0.15) is 0 Å². The van der Waals surface area contributed by atoms with Gasteiger partial charge in [-0.05, 0) is 55.4 Å². The van der Waals surface area contributed by atoms with Gasteiger partial charge in [-0.25, -0.2) is 0 Å². The monoisotopic (exact) mass is 237 g/mol. The summed E-state index contributed by atoms with van der Waals surface area (Å²) in [6.45, 7) is 5.75. The van der Waals surface area contributed by atoms with Crippen LogP contribution in [0, 0.1) is 29.6 Å². The zero-order valence-electron chi connectivity index (χ0n) is 11.8. The first-order valence-electron chi connectivity index (χ1n) is 7.92. The van der Waals surface area contributed by atoms with Crippen LogP contribution in [-0.4, -0.2) is 6.54 Å². The first kappa shape index (κ1) is 13.4. The lowest BCUT2D eigenvalue weighted by atomic mass is 9.63. The first-order chi connectivity index (χ1) is 8.22. The minimum absolute atomic E-state index is 0.841. The molecule has 1 nitrogen and oxygen atoms in total. The highest BCUT2D eigenvalue weighted by Crippen LogP contribution is 2.44. The van der Waals surface area contributed by atoms with E-state index < -0.39 is 0 Å². The van der Waals surface area contributed by atoms with E-state index in [1.807, 2.05) is 0 Å². The average molecular weight is 237 g/mol. The third kappa shape index (κ3) is 3.24. The Morgan fingerprint density at radius 2 is 1.71 bits per heavy atom. The van der Waals surface area contributed by atoms with E-state index in [0.29, 0.717) is 0 Å². The lowest BCUT2D eigenvalue weighted by molar-refractivity contribution is 0.0833. The molecular formula is C16H31N. The summed E-state index contributed by atoms with van der Waals surface area (Å²) < 4.78 is 0. The van der Waals surface area contributed by atoms with E-state index in [1.54, 1.807) is 0 Å². The lowest BCUT2D eigenvalue weighted by Gasteiger charge is -2.43. The second-order valence-corrected chi connectivity index (χ2v) is 6.87. The van der Waals surface area contributed by atoms with Crippen molar-refractivity contribution in [1.29, 1.82) is 0 Å². The topological polar surface area (TPSA) is 26.0 Å². The third-order valence-corrected chi connectivity index (χ3v) is 5.59. The molecule has 0 aliphatic heterocycles. The molecule has 0 amide bonds. The van der Waals surface area contributed by atoms with Crippen LogP contribution in [0.3, 0.4) is 0 Å². The van der Waals surface area contributed by atoms with Crippen LogP contribution in [-0.2, 0) is 0 Å². The van der Waals surface area contributed by atoms with Crippen molar-refractivity contribution in [2.75, 3.05) is 6.54 Å². The molecule has 2 N–H and O–H groups in total. The highest BCUT2D eigenvalue weighted by molar-refractivity contribution is 4.87. The summed E-state index contributed by atoms with van der Waals surface area (Å²) in [4.78, 5) is 0. The largest absolute Gasteiger partial charge is 0.330 e. The molecule has 2 fully saturated rings. The van der Waals surface area contributed by atoms with Crippen LogP contribution < -0.4 is 5.73 Å². The van der Waals surface area contributed by atoms with Gasteiger partial charge in [0.15, 0.2) is 0 Å². The molecule has 0 heterocycles. The second kappa shape index (κ2) is 6.22. The molecule has 0 aromatic heterocycles. The van der Waals surface area contributed by atoms with Crippen molar-refractivity contribution in [2.24, 2.45) is 35.3 Å². The Hall–Kier alpha value is -0.0400. The Kier molecular flexibility index (Phi) is 4.90. The molecule has 3 atom stereocenters. The summed E-state index contributed by atoms with van der Waals surface area (Å²) in [6, 6.07) is 0. The molecule has 17 heavy (non-hydrogen) atoms. The van der Waals surface area contributed by atoms with Crippen LogP contribution in [0.1, 0.15) is 65.2 Å². The molecule has 0 saturated heterocycles. The molecule has 0 aromatic carbocycles. The van der Waals surface area contributed by atoms with Gasteiger partial charge in [0.05, 0.1) is 0 Å². The predicted octanol–water partition coefficient (Wildman–Crippen LogP) is 4.21. The molecule has 3 unspecified atom stereocenters. The average Bonchev–Trinajstić information content (AvgIpc) is 2.39. The summed E-state index contributed by atoms with van der Waals surface area (Å²) in [5.74, 6) is 4.66. The highest BCUT2D eigenvalue weighted by Gasteiger charge is 2.35. The molecule has 2 aliphatic carbocycles. The first-order valence-corrected chi connectivity index (χ1v) is 7.92. The molecule has 2 aliphatic rings. The number of hydrogen-bond acceptors (Lipinski definition) is 1. The summed E-state index contributed by atoms with van der Waals surface area (Å²) in [5.41, 5.74) is 6.02. The molecule has 0 radical (unpaired) electrons.